The van der Waals surface area contributed by atoms with Crippen LogP contribution in [0.5, 0.6) is 0 Å². The van der Waals surface area contributed by atoms with Crippen molar-refractivity contribution in [2.75, 3.05) is 18.0 Å². The van der Waals surface area contributed by atoms with Gasteiger partial charge in [0.1, 0.15) is 10.7 Å². The van der Waals surface area contributed by atoms with E-state index in [1.54, 1.807) is 0 Å². The Bertz CT molecular complexity index is 943. The molecule has 2 heterocycles. The van der Waals surface area contributed by atoms with Crippen LogP contribution in [-0.2, 0) is 14.8 Å². The number of nitrogens with one attached hydrogen (secondary N) is 2. The smallest absolute Gasteiger partial charge is 0.286 e. The predicted molar refractivity (Wildman–Crippen MR) is 107 cm³/mol. The van der Waals surface area contributed by atoms with Crippen LogP contribution in [0, 0.1) is 0 Å². The lowest BCUT2D eigenvalue weighted by atomic mass is 10.1. The van der Waals surface area contributed by atoms with Gasteiger partial charge < -0.3 is 15.5 Å². The molecule has 0 aromatic heterocycles. The van der Waals surface area contributed by atoms with Gasteiger partial charge in [0.2, 0.25) is 5.91 Å². The minimum absolute atomic E-state index is 0.00481. The molecule has 2 amide bonds. The van der Waals surface area contributed by atoms with Crippen molar-refractivity contribution in [2.24, 2.45) is 4.40 Å². The molecule has 0 atom stereocenters. The van der Waals surface area contributed by atoms with Gasteiger partial charge in [-0.05, 0) is 38.8 Å². The molecule has 0 unspecified atom stereocenters. The number of amidine groups is 1. The van der Waals surface area contributed by atoms with Gasteiger partial charge in [-0.15, -0.1) is 4.40 Å². The summed E-state index contributed by atoms with van der Waals surface area (Å²) >= 11 is 6.30. The van der Waals surface area contributed by atoms with Crippen molar-refractivity contribution in [2.45, 2.75) is 50.5 Å². The number of carbonyl (C=O) groups is 2. The van der Waals surface area contributed by atoms with Crippen molar-refractivity contribution < 1.29 is 18.0 Å². The van der Waals surface area contributed by atoms with Gasteiger partial charge in [0.05, 0.1) is 22.8 Å². The highest BCUT2D eigenvalue weighted by molar-refractivity contribution is 7.90. The largest absolute Gasteiger partial charge is 0.352 e. The fourth-order valence-electron chi connectivity index (χ4n) is 3.30. The molecule has 0 aliphatic carbocycles. The van der Waals surface area contributed by atoms with Gasteiger partial charge in [-0.1, -0.05) is 18.0 Å². The fraction of sp³-hybridized carbons (Fsp3) is 0.500. The number of rotatable bonds is 4. The molecule has 8 nitrogen and oxygen atoms in total. The summed E-state index contributed by atoms with van der Waals surface area (Å²) in [6.45, 7) is 4.04. The molecule has 1 saturated heterocycles. The van der Waals surface area contributed by atoms with Crippen molar-refractivity contribution >= 4 is 45.0 Å². The predicted octanol–water partition coefficient (Wildman–Crippen LogP) is 2.08. The number of halogens is 1. The third-order valence-corrected chi connectivity index (χ3v) is 6.19. The van der Waals surface area contributed by atoms with Gasteiger partial charge in [-0.3, -0.25) is 9.59 Å². The third kappa shape index (κ3) is 4.30. The van der Waals surface area contributed by atoms with E-state index in [2.05, 4.69) is 15.0 Å². The van der Waals surface area contributed by atoms with E-state index in [4.69, 9.17) is 11.6 Å². The van der Waals surface area contributed by atoms with E-state index in [1.165, 1.54) is 12.1 Å². The molecule has 28 heavy (non-hydrogen) atoms. The Labute approximate surface area is 169 Å². The molecule has 0 saturated carbocycles. The molecule has 0 spiro atoms. The maximum absolute atomic E-state index is 12.7. The van der Waals surface area contributed by atoms with E-state index in [0.717, 1.165) is 19.3 Å². The number of benzene rings is 1. The van der Waals surface area contributed by atoms with Crippen molar-refractivity contribution in [1.29, 1.82) is 0 Å². The third-order valence-electron chi connectivity index (χ3n) is 4.54. The summed E-state index contributed by atoms with van der Waals surface area (Å²) < 4.78 is 29.3. The van der Waals surface area contributed by atoms with Gasteiger partial charge in [-0.25, -0.2) is 0 Å². The van der Waals surface area contributed by atoms with Crippen LogP contribution in [-0.4, -0.2) is 45.2 Å². The van der Waals surface area contributed by atoms with E-state index in [-0.39, 0.29) is 34.0 Å². The van der Waals surface area contributed by atoms with Crippen LogP contribution in [0.3, 0.4) is 0 Å². The molecule has 0 bridgehead atoms. The summed E-state index contributed by atoms with van der Waals surface area (Å²) in [6, 6.07) is 2.69. The lowest BCUT2D eigenvalue weighted by molar-refractivity contribution is -0.120. The molecule has 1 fully saturated rings. The zero-order valence-electron chi connectivity index (χ0n) is 15.8. The average Bonchev–Trinajstić information content (AvgIpc) is 2.83. The number of sulfonamides is 1. The monoisotopic (exact) mass is 426 g/mol. The normalized spacial score (nSPS) is 17.9. The summed E-state index contributed by atoms with van der Waals surface area (Å²) in [7, 11) is -3.92. The lowest BCUT2D eigenvalue weighted by Gasteiger charge is -2.30. The number of hydrogen-bond acceptors (Lipinski definition) is 5. The number of nitrogens with zero attached hydrogens (tertiary/aromatic N) is 2. The Morgan fingerprint density at radius 3 is 2.71 bits per heavy atom. The molecule has 10 heteroatoms. The van der Waals surface area contributed by atoms with Crippen molar-refractivity contribution in [3.05, 3.63) is 22.7 Å². The van der Waals surface area contributed by atoms with Crippen LogP contribution in [0.25, 0.3) is 0 Å². The Balaban J connectivity index is 1.90. The second-order valence-corrected chi connectivity index (χ2v) is 9.13. The molecule has 2 aliphatic rings. The molecule has 1 aromatic carbocycles. The highest BCUT2D eigenvalue weighted by Crippen LogP contribution is 2.37. The van der Waals surface area contributed by atoms with E-state index in [9.17, 15) is 18.0 Å². The number of fused-ring (bicyclic) bond motifs is 3. The van der Waals surface area contributed by atoms with Gasteiger partial charge in [0.15, 0.2) is 0 Å². The second-order valence-electron chi connectivity index (χ2n) is 7.15. The summed E-state index contributed by atoms with van der Waals surface area (Å²) in [5.41, 5.74) is 0.445. The maximum atomic E-state index is 12.7. The standard InChI is InChI=1S/C18H23ClN4O4S/c1-11(2)21-17(24)10-20-18(25)12-8-15-14(9-13(12)19)23-7-5-3-4-6-16(23)22-28(15,26)27/h8-9,11H,3-7,10H2,1-2H3,(H,20,25)(H,21,24). The summed E-state index contributed by atoms with van der Waals surface area (Å²) in [5, 5.41) is 5.25. The number of carbonyl (C=O) groups excluding carboxylic acids is 2. The average molecular weight is 427 g/mol. The minimum atomic E-state index is -3.92. The first-order valence-corrected chi connectivity index (χ1v) is 11.0. The molecule has 152 valence electrons. The van der Waals surface area contributed by atoms with E-state index >= 15 is 0 Å². The zero-order chi connectivity index (χ0) is 20.5. The van der Waals surface area contributed by atoms with Crippen LogP contribution in [0.2, 0.25) is 5.02 Å². The Morgan fingerprint density at radius 1 is 1.25 bits per heavy atom. The first-order valence-electron chi connectivity index (χ1n) is 9.21. The van der Waals surface area contributed by atoms with Crippen LogP contribution in [0.4, 0.5) is 5.69 Å². The van der Waals surface area contributed by atoms with Gasteiger partial charge >= 0.3 is 0 Å². The van der Waals surface area contributed by atoms with Crippen molar-refractivity contribution in [3.8, 4) is 0 Å². The number of amides is 2. The number of anilines is 1. The van der Waals surface area contributed by atoms with Gasteiger partial charge in [-0.2, -0.15) is 8.42 Å². The van der Waals surface area contributed by atoms with Gasteiger partial charge in [0, 0.05) is 19.0 Å². The highest BCUT2D eigenvalue weighted by Gasteiger charge is 2.33. The molecule has 3 rings (SSSR count). The fourth-order valence-corrected chi connectivity index (χ4v) is 4.81. The summed E-state index contributed by atoms with van der Waals surface area (Å²) in [4.78, 5) is 26.0. The zero-order valence-corrected chi connectivity index (χ0v) is 17.4. The van der Waals surface area contributed by atoms with Crippen LogP contribution < -0.4 is 15.5 Å². The second kappa shape index (κ2) is 8.08. The molecule has 1 aromatic rings. The first kappa shape index (κ1) is 20.6. The van der Waals surface area contributed by atoms with Gasteiger partial charge in [0.25, 0.3) is 15.9 Å². The van der Waals surface area contributed by atoms with E-state index in [0.29, 0.717) is 24.5 Å². The first-order chi connectivity index (χ1) is 13.2. The number of hydrogen-bond donors (Lipinski definition) is 2. The Morgan fingerprint density at radius 2 is 2.00 bits per heavy atom. The maximum Gasteiger partial charge on any atom is 0.286 e. The topological polar surface area (TPSA) is 108 Å². The van der Waals surface area contributed by atoms with Crippen LogP contribution in [0.1, 0.15) is 49.9 Å². The lowest BCUT2D eigenvalue weighted by Crippen LogP contribution is -2.40. The quantitative estimate of drug-likeness (QED) is 0.766. The van der Waals surface area contributed by atoms with Crippen molar-refractivity contribution in [3.63, 3.8) is 0 Å². The summed E-state index contributed by atoms with van der Waals surface area (Å²) in [6.07, 6.45) is 3.39. The molecule has 0 radical (unpaired) electrons. The summed E-state index contributed by atoms with van der Waals surface area (Å²) in [5.74, 6) is -0.444. The molecule has 2 aliphatic heterocycles. The highest BCUT2D eigenvalue weighted by atomic mass is 35.5. The minimum Gasteiger partial charge on any atom is -0.352 e. The van der Waals surface area contributed by atoms with E-state index in [1.807, 2.05) is 18.7 Å². The van der Waals surface area contributed by atoms with E-state index < -0.39 is 15.9 Å². The Kier molecular flexibility index (Phi) is 5.95. The van der Waals surface area contributed by atoms with Crippen molar-refractivity contribution in [1.82, 2.24) is 10.6 Å². The SMILES string of the molecule is CC(C)NC(=O)CNC(=O)c1cc2c(cc1Cl)N1CCCCCC1=NS2(=O)=O. The van der Waals surface area contributed by atoms with Crippen LogP contribution >= 0.6 is 11.6 Å². The Hall–Kier alpha value is -2.13. The van der Waals surface area contributed by atoms with Crippen LogP contribution in [0.15, 0.2) is 21.4 Å². The molecular weight excluding hydrogens is 404 g/mol. The molecule has 2 N–H and O–H groups in total. The molecular formula is C18H23ClN4O4S.